The molecule has 8 nitrogen and oxygen atoms in total. The van der Waals surface area contributed by atoms with Crippen molar-refractivity contribution >= 4 is 40.9 Å². The molecule has 3 amide bonds. The molecule has 3 aliphatic heterocycles. The standard InChI is InChI=1S/C36H45N3O5S/c1-6-20-37(26-14-16-27(17-15-26)44-8-3)33(41)29-28-18-19-36(45-28)30(29)34(42)39(22-9-10-23-40)32(36)35(43)38(21-7-2)31-24(4)12-11-13-25(31)5/h6-7,11-17,28-30,32,40H,1-2,8-10,18-23H2,3-5H3/t28-,29+,30-,32?,36?/m0/s1. The summed E-state index contributed by atoms with van der Waals surface area (Å²) in [5.74, 6) is -0.838. The highest BCUT2D eigenvalue weighted by atomic mass is 32.2. The third-order valence-corrected chi connectivity index (χ3v) is 11.4. The number of carbonyl (C=O) groups excluding carboxylic acids is 3. The van der Waals surface area contributed by atoms with Crippen LogP contribution in [0.25, 0.3) is 0 Å². The fourth-order valence-electron chi connectivity index (χ4n) is 7.67. The molecule has 240 valence electrons. The van der Waals surface area contributed by atoms with Crippen LogP contribution in [0, 0.1) is 25.7 Å². The lowest BCUT2D eigenvalue weighted by molar-refractivity contribution is -0.139. The quantitative estimate of drug-likeness (QED) is 0.225. The minimum atomic E-state index is -0.723. The molecule has 9 heteroatoms. The monoisotopic (exact) mass is 631 g/mol. The molecule has 5 rings (SSSR count). The maximum absolute atomic E-state index is 14.9. The van der Waals surface area contributed by atoms with E-state index in [-0.39, 0.29) is 29.6 Å². The van der Waals surface area contributed by atoms with Gasteiger partial charge in [-0.25, -0.2) is 0 Å². The molecule has 0 saturated carbocycles. The Balaban J connectivity index is 1.54. The van der Waals surface area contributed by atoms with Crippen molar-refractivity contribution in [1.82, 2.24) is 4.90 Å². The van der Waals surface area contributed by atoms with Crippen LogP contribution >= 0.6 is 11.8 Å². The number of hydrogen-bond donors (Lipinski definition) is 1. The highest BCUT2D eigenvalue weighted by Crippen LogP contribution is 2.67. The van der Waals surface area contributed by atoms with E-state index in [0.29, 0.717) is 45.5 Å². The van der Waals surface area contributed by atoms with Gasteiger partial charge >= 0.3 is 0 Å². The Morgan fingerprint density at radius 3 is 2.33 bits per heavy atom. The number of amides is 3. The molecule has 1 spiro atoms. The van der Waals surface area contributed by atoms with Gasteiger partial charge in [0.1, 0.15) is 11.8 Å². The lowest BCUT2D eigenvalue weighted by Crippen LogP contribution is -2.55. The molecule has 3 fully saturated rings. The molecule has 2 bridgehead atoms. The summed E-state index contributed by atoms with van der Waals surface area (Å²) in [5, 5.41) is 9.47. The lowest BCUT2D eigenvalue weighted by Gasteiger charge is -2.38. The van der Waals surface area contributed by atoms with Crippen molar-refractivity contribution in [3.63, 3.8) is 0 Å². The maximum Gasteiger partial charge on any atom is 0.251 e. The molecule has 0 aliphatic carbocycles. The van der Waals surface area contributed by atoms with Crippen LogP contribution < -0.4 is 14.5 Å². The van der Waals surface area contributed by atoms with Crippen LogP contribution in [0.2, 0.25) is 0 Å². The van der Waals surface area contributed by atoms with Gasteiger partial charge in [-0.15, -0.1) is 24.9 Å². The van der Waals surface area contributed by atoms with Crippen LogP contribution in [0.1, 0.15) is 43.7 Å². The molecule has 0 aromatic heterocycles. The van der Waals surface area contributed by atoms with Gasteiger partial charge in [-0.3, -0.25) is 14.4 Å². The van der Waals surface area contributed by atoms with Crippen LogP contribution in [-0.4, -0.2) is 76.6 Å². The number of benzene rings is 2. The summed E-state index contributed by atoms with van der Waals surface area (Å²) in [6.45, 7) is 15.3. The van der Waals surface area contributed by atoms with Crippen LogP contribution in [0.15, 0.2) is 67.8 Å². The number of aryl methyl sites for hydroxylation is 2. The van der Waals surface area contributed by atoms with E-state index in [1.165, 1.54) is 0 Å². The van der Waals surface area contributed by atoms with Crippen molar-refractivity contribution in [3.05, 3.63) is 78.9 Å². The zero-order chi connectivity index (χ0) is 32.3. The van der Waals surface area contributed by atoms with Crippen molar-refractivity contribution in [2.75, 3.05) is 42.6 Å². The average Bonchev–Trinajstić information content (AvgIpc) is 3.67. The molecule has 2 aromatic carbocycles. The van der Waals surface area contributed by atoms with E-state index in [2.05, 4.69) is 13.2 Å². The van der Waals surface area contributed by atoms with Gasteiger partial charge < -0.3 is 24.5 Å². The first-order valence-corrected chi connectivity index (χ1v) is 16.8. The minimum absolute atomic E-state index is 0.0107. The van der Waals surface area contributed by atoms with Gasteiger partial charge in [0, 0.05) is 42.9 Å². The van der Waals surface area contributed by atoms with Gasteiger partial charge in [-0.1, -0.05) is 30.4 Å². The molecule has 3 aliphatic rings. The van der Waals surface area contributed by atoms with Crippen molar-refractivity contribution in [3.8, 4) is 5.75 Å². The van der Waals surface area contributed by atoms with E-state index in [1.807, 2.05) is 63.2 Å². The fourth-order valence-corrected chi connectivity index (χ4v) is 9.87. The Hall–Kier alpha value is -3.56. The van der Waals surface area contributed by atoms with Crippen LogP contribution in [0.5, 0.6) is 5.75 Å². The number of aliphatic hydroxyl groups is 1. The molecule has 45 heavy (non-hydrogen) atoms. The lowest BCUT2D eigenvalue weighted by atomic mass is 9.70. The first-order chi connectivity index (χ1) is 21.7. The number of carbonyl (C=O) groups is 3. The minimum Gasteiger partial charge on any atom is -0.494 e. The van der Waals surface area contributed by atoms with Gasteiger partial charge in [0.05, 0.1) is 23.2 Å². The maximum atomic E-state index is 14.9. The smallest absolute Gasteiger partial charge is 0.251 e. The molecule has 2 unspecified atom stereocenters. The second kappa shape index (κ2) is 13.8. The highest BCUT2D eigenvalue weighted by molar-refractivity contribution is 8.02. The van der Waals surface area contributed by atoms with E-state index < -0.39 is 22.6 Å². The molecule has 2 aromatic rings. The van der Waals surface area contributed by atoms with Crippen molar-refractivity contribution < 1.29 is 24.2 Å². The first-order valence-electron chi connectivity index (χ1n) is 16.0. The number of ether oxygens (including phenoxy) is 1. The van der Waals surface area contributed by atoms with Gasteiger partial charge in [0.2, 0.25) is 11.8 Å². The predicted octanol–water partition coefficient (Wildman–Crippen LogP) is 5.30. The SMILES string of the molecule is C=CCN(C(=O)[C@@H]1[C@@H]2CCC3(S2)C(C(=O)N(CC=C)c2c(C)cccc2C)N(CCCCO)C(=O)[C@H]13)c1ccc(OCC)cc1. The summed E-state index contributed by atoms with van der Waals surface area (Å²) in [4.78, 5) is 49.2. The van der Waals surface area contributed by atoms with E-state index in [9.17, 15) is 19.5 Å². The number of rotatable bonds is 14. The van der Waals surface area contributed by atoms with Gasteiger partial charge in [-0.2, -0.15) is 0 Å². The third kappa shape index (κ3) is 5.81. The number of unbranched alkanes of at least 4 members (excludes halogenated alkanes) is 1. The third-order valence-electron chi connectivity index (χ3n) is 9.45. The number of para-hydroxylation sites is 1. The number of nitrogens with zero attached hydrogens (tertiary/aromatic N) is 3. The topological polar surface area (TPSA) is 90.4 Å². The Morgan fingerprint density at radius 1 is 1.04 bits per heavy atom. The second-order valence-electron chi connectivity index (χ2n) is 12.2. The molecule has 0 radical (unpaired) electrons. The van der Waals surface area contributed by atoms with E-state index in [0.717, 1.165) is 34.7 Å². The number of likely N-dealkylation sites (tertiary alicyclic amines) is 1. The number of thioether (sulfide) groups is 1. The predicted molar refractivity (Wildman–Crippen MR) is 181 cm³/mol. The summed E-state index contributed by atoms with van der Waals surface area (Å²) in [6.07, 6.45) is 5.97. The first kappa shape index (κ1) is 32.8. The summed E-state index contributed by atoms with van der Waals surface area (Å²) < 4.78 is 4.89. The van der Waals surface area contributed by atoms with Gasteiger partial charge in [0.15, 0.2) is 0 Å². The van der Waals surface area contributed by atoms with E-state index in [1.54, 1.807) is 38.6 Å². The van der Waals surface area contributed by atoms with Crippen LogP contribution in [0.4, 0.5) is 11.4 Å². The molecule has 5 atom stereocenters. The molecular formula is C36H45N3O5S. The summed E-state index contributed by atoms with van der Waals surface area (Å²) >= 11 is 1.67. The van der Waals surface area contributed by atoms with E-state index in [4.69, 9.17) is 4.74 Å². The Kier molecular flexibility index (Phi) is 10.1. The normalized spacial score (nSPS) is 24.8. The molecule has 3 heterocycles. The summed E-state index contributed by atoms with van der Waals surface area (Å²) in [5.41, 5.74) is 3.50. The van der Waals surface area contributed by atoms with Gasteiger partial charge in [0.25, 0.3) is 5.91 Å². The average molecular weight is 632 g/mol. The van der Waals surface area contributed by atoms with Crippen LogP contribution in [0.3, 0.4) is 0 Å². The molecule has 3 saturated heterocycles. The Morgan fingerprint density at radius 2 is 1.71 bits per heavy atom. The highest BCUT2D eigenvalue weighted by Gasteiger charge is 2.74. The summed E-state index contributed by atoms with van der Waals surface area (Å²) in [7, 11) is 0. The van der Waals surface area contributed by atoms with Crippen molar-refractivity contribution in [2.45, 2.75) is 62.5 Å². The number of fused-ring (bicyclic) bond motifs is 1. The number of hydrogen-bond acceptors (Lipinski definition) is 6. The summed E-state index contributed by atoms with van der Waals surface area (Å²) in [6, 6.07) is 12.7. The van der Waals surface area contributed by atoms with Crippen molar-refractivity contribution in [2.24, 2.45) is 11.8 Å². The van der Waals surface area contributed by atoms with Crippen LogP contribution in [-0.2, 0) is 14.4 Å². The second-order valence-corrected chi connectivity index (χ2v) is 13.8. The number of aliphatic hydroxyl groups excluding tert-OH is 1. The Labute approximate surface area is 271 Å². The largest absolute Gasteiger partial charge is 0.494 e. The van der Waals surface area contributed by atoms with Crippen molar-refractivity contribution in [1.29, 1.82) is 0 Å². The zero-order valence-corrected chi connectivity index (χ0v) is 27.4. The molecular weight excluding hydrogens is 586 g/mol. The fraction of sp³-hybridized carbons (Fsp3) is 0.472. The molecule has 1 N–H and O–H groups in total. The Bertz CT molecular complexity index is 1420. The zero-order valence-electron chi connectivity index (χ0n) is 26.6. The van der Waals surface area contributed by atoms with E-state index >= 15 is 0 Å². The van der Waals surface area contributed by atoms with Gasteiger partial charge in [-0.05, 0) is 81.8 Å². The number of anilines is 2.